The van der Waals surface area contributed by atoms with Crippen LogP contribution in [0, 0.1) is 0 Å². The number of amides is 1. The highest BCUT2D eigenvalue weighted by Crippen LogP contribution is 2.19. The smallest absolute Gasteiger partial charge is 0.267 e. The normalized spacial score (nSPS) is 9.50. The largest absolute Gasteiger partial charge is 0.276 e. The Kier molecular flexibility index (Phi) is 2.84. The number of nitrogens with zero attached hydrogens (tertiary/aromatic N) is 1. The summed E-state index contributed by atoms with van der Waals surface area (Å²) in [5.74, 6) is -0.431. The highest BCUT2D eigenvalue weighted by atomic mass is 35.5. The average molecular weight is 202 g/mol. The van der Waals surface area contributed by atoms with Crippen LogP contribution in [0.5, 0.6) is 0 Å². The first-order chi connectivity index (χ1) is 5.63. The van der Waals surface area contributed by atoms with Gasteiger partial charge < -0.3 is 0 Å². The Morgan fingerprint density at radius 3 is 2.17 bits per heavy atom. The molecule has 0 fully saturated rings. The molecule has 0 heterocycles. The lowest BCUT2D eigenvalue weighted by Gasteiger charge is -1.96. The Hall–Kier alpha value is -0.860. The lowest BCUT2D eigenvalue weighted by Crippen LogP contribution is -1.93. The molecule has 0 spiro atoms. The lowest BCUT2D eigenvalue weighted by molar-refractivity contribution is 0.100. The Labute approximate surface area is 79.8 Å². The van der Waals surface area contributed by atoms with E-state index in [1.54, 1.807) is 6.07 Å². The van der Waals surface area contributed by atoms with Gasteiger partial charge >= 0.3 is 0 Å². The van der Waals surface area contributed by atoms with Crippen LogP contribution in [-0.2, 0) is 0 Å². The van der Waals surface area contributed by atoms with Crippen LogP contribution in [0.3, 0.4) is 0 Å². The van der Waals surface area contributed by atoms with Gasteiger partial charge in [0.05, 0.1) is 0 Å². The van der Waals surface area contributed by atoms with Crippen molar-refractivity contribution in [2.45, 2.75) is 0 Å². The van der Waals surface area contributed by atoms with Crippen LogP contribution in [-0.4, -0.2) is 12.6 Å². The summed E-state index contributed by atoms with van der Waals surface area (Å²) in [5.41, 5.74) is 0.350. The molecule has 1 rings (SSSR count). The van der Waals surface area contributed by atoms with Crippen molar-refractivity contribution in [1.29, 1.82) is 0 Å². The van der Waals surface area contributed by atoms with Crippen molar-refractivity contribution >= 4 is 35.8 Å². The fourth-order valence-corrected chi connectivity index (χ4v) is 1.29. The van der Waals surface area contributed by atoms with E-state index in [2.05, 4.69) is 11.7 Å². The maximum Gasteiger partial charge on any atom is 0.276 e. The first kappa shape index (κ1) is 9.23. The summed E-state index contributed by atoms with van der Waals surface area (Å²) in [4.78, 5) is 14.2. The molecule has 1 amide bonds. The van der Waals surface area contributed by atoms with Gasteiger partial charge in [-0.3, -0.25) is 4.79 Å². The molecular formula is C8H5Cl2NO. The van der Waals surface area contributed by atoms with E-state index in [1.165, 1.54) is 12.1 Å². The minimum absolute atomic E-state index is 0.350. The van der Waals surface area contributed by atoms with E-state index < -0.39 is 5.91 Å². The van der Waals surface area contributed by atoms with Crippen molar-refractivity contribution in [2.24, 2.45) is 4.99 Å². The SMILES string of the molecule is C=NC(=O)c1cc(Cl)cc(Cl)c1. The lowest BCUT2D eigenvalue weighted by atomic mass is 10.2. The van der Waals surface area contributed by atoms with Crippen molar-refractivity contribution in [3.05, 3.63) is 33.8 Å². The van der Waals surface area contributed by atoms with Gasteiger partial charge in [-0.15, -0.1) is 0 Å². The molecule has 12 heavy (non-hydrogen) atoms. The molecular weight excluding hydrogens is 197 g/mol. The van der Waals surface area contributed by atoms with E-state index in [0.29, 0.717) is 15.6 Å². The number of carbonyl (C=O) groups excluding carboxylic acids is 1. The maximum atomic E-state index is 11.0. The monoisotopic (exact) mass is 201 g/mol. The molecule has 62 valence electrons. The van der Waals surface area contributed by atoms with Gasteiger partial charge in [0.2, 0.25) is 0 Å². The predicted octanol–water partition coefficient (Wildman–Crippen LogP) is 2.83. The Morgan fingerprint density at radius 1 is 1.25 bits per heavy atom. The van der Waals surface area contributed by atoms with Crippen molar-refractivity contribution in [1.82, 2.24) is 0 Å². The predicted molar refractivity (Wildman–Crippen MR) is 50.3 cm³/mol. The van der Waals surface area contributed by atoms with Gasteiger partial charge in [0, 0.05) is 15.6 Å². The van der Waals surface area contributed by atoms with Gasteiger partial charge in [-0.05, 0) is 24.9 Å². The second-order valence-corrected chi connectivity index (χ2v) is 2.99. The van der Waals surface area contributed by atoms with E-state index in [4.69, 9.17) is 23.2 Å². The van der Waals surface area contributed by atoms with E-state index in [0.717, 1.165) is 0 Å². The first-order valence-corrected chi connectivity index (χ1v) is 3.86. The van der Waals surface area contributed by atoms with Crippen LogP contribution in [0.2, 0.25) is 10.0 Å². The second-order valence-electron chi connectivity index (χ2n) is 2.12. The van der Waals surface area contributed by atoms with Crippen molar-refractivity contribution < 1.29 is 4.79 Å². The molecule has 0 aliphatic carbocycles. The molecule has 0 atom stereocenters. The first-order valence-electron chi connectivity index (χ1n) is 3.10. The van der Waals surface area contributed by atoms with Crippen molar-refractivity contribution in [2.75, 3.05) is 0 Å². The molecule has 2 nitrogen and oxygen atoms in total. The number of benzene rings is 1. The van der Waals surface area contributed by atoms with Gasteiger partial charge in [0.15, 0.2) is 0 Å². The Bertz CT molecular complexity index is 316. The number of aliphatic imine (C=N–C) groups is 1. The third kappa shape index (κ3) is 2.06. The fraction of sp³-hybridized carbons (Fsp3) is 0. The molecule has 0 saturated carbocycles. The maximum absolute atomic E-state index is 11.0. The summed E-state index contributed by atoms with van der Waals surface area (Å²) in [7, 11) is 0. The van der Waals surface area contributed by atoms with Crippen LogP contribution >= 0.6 is 23.2 Å². The summed E-state index contributed by atoms with van der Waals surface area (Å²) in [6.45, 7) is 3.11. The van der Waals surface area contributed by atoms with E-state index in [-0.39, 0.29) is 0 Å². The summed E-state index contributed by atoms with van der Waals surface area (Å²) in [6, 6.07) is 4.53. The summed E-state index contributed by atoms with van der Waals surface area (Å²) in [5, 5.41) is 0.823. The highest BCUT2D eigenvalue weighted by molar-refractivity contribution is 6.35. The van der Waals surface area contributed by atoms with Gasteiger partial charge in [-0.25, -0.2) is 4.99 Å². The molecule has 0 aliphatic heterocycles. The van der Waals surface area contributed by atoms with Gasteiger partial charge in [0.25, 0.3) is 5.91 Å². The number of rotatable bonds is 1. The number of halogens is 2. The van der Waals surface area contributed by atoms with Gasteiger partial charge in [-0.1, -0.05) is 23.2 Å². The van der Waals surface area contributed by atoms with Crippen LogP contribution < -0.4 is 0 Å². The summed E-state index contributed by atoms with van der Waals surface area (Å²) >= 11 is 11.3. The van der Waals surface area contributed by atoms with Crippen LogP contribution in [0.4, 0.5) is 0 Å². The molecule has 1 aromatic rings. The molecule has 0 unspecified atom stereocenters. The van der Waals surface area contributed by atoms with Crippen molar-refractivity contribution in [3.8, 4) is 0 Å². The average Bonchev–Trinajstić information content (AvgIpc) is 2.01. The number of hydrogen-bond donors (Lipinski definition) is 0. The quantitative estimate of drug-likeness (QED) is 0.643. The third-order valence-electron chi connectivity index (χ3n) is 1.25. The second kappa shape index (κ2) is 3.70. The van der Waals surface area contributed by atoms with E-state index in [9.17, 15) is 4.79 Å². The molecule has 1 aromatic carbocycles. The number of hydrogen-bond acceptors (Lipinski definition) is 1. The fourth-order valence-electron chi connectivity index (χ4n) is 0.769. The van der Waals surface area contributed by atoms with Crippen LogP contribution in [0.15, 0.2) is 23.2 Å². The van der Waals surface area contributed by atoms with Crippen LogP contribution in [0.25, 0.3) is 0 Å². The zero-order chi connectivity index (χ0) is 9.14. The topological polar surface area (TPSA) is 29.4 Å². The van der Waals surface area contributed by atoms with Crippen LogP contribution in [0.1, 0.15) is 10.4 Å². The molecule has 0 aliphatic rings. The standard InChI is InChI=1S/C8H5Cl2NO/c1-11-8(12)5-2-6(9)4-7(10)3-5/h2-4H,1H2. The molecule has 0 aromatic heterocycles. The summed E-state index contributed by atoms with van der Waals surface area (Å²) < 4.78 is 0. The Morgan fingerprint density at radius 2 is 1.75 bits per heavy atom. The van der Waals surface area contributed by atoms with Crippen molar-refractivity contribution in [3.63, 3.8) is 0 Å². The third-order valence-corrected chi connectivity index (χ3v) is 1.69. The van der Waals surface area contributed by atoms with E-state index in [1.807, 2.05) is 0 Å². The minimum Gasteiger partial charge on any atom is -0.267 e. The van der Waals surface area contributed by atoms with Gasteiger partial charge in [-0.2, -0.15) is 0 Å². The zero-order valence-corrected chi connectivity index (χ0v) is 7.56. The molecule has 0 radical (unpaired) electrons. The molecule has 0 N–H and O–H groups in total. The molecule has 0 saturated heterocycles. The van der Waals surface area contributed by atoms with E-state index >= 15 is 0 Å². The molecule has 0 bridgehead atoms. The summed E-state index contributed by atoms with van der Waals surface area (Å²) in [6.07, 6.45) is 0. The minimum atomic E-state index is -0.431. The zero-order valence-electron chi connectivity index (χ0n) is 6.05. The van der Waals surface area contributed by atoms with Gasteiger partial charge in [0.1, 0.15) is 0 Å². The highest BCUT2D eigenvalue weighted by Gasteiger charge is 2.04. The number of carbonyl (C=O) groups is 1. The Balaban J connectivity index is 3.17. The molecule has 4 heteroatoms.